The average Bonchev–Trinajstić information content (AvgIpc) is 3.11. The highest BCUT2D eigenvalue weighted by molar-refractivity contribution is 7.18. The minimum atomic E-state index is -0.207. The van der Waals surface area contributed by atoms with Crippen LogP contribution in [-0.2, 0) is 0 Å². The van der Waals surface area contributed by atoms with Gasteiger partial charge in [-0.25, -0.2) is 9.37 Å². The molecule has 0 spiro atoms. The zero-order valence-corrected chi connectivity index (χ0v) is 13.5. The summed E-state index contributed by atoms with van der Waals surface area (Å²) < 4.78 is 15.7. The predicted molar refractivity (Wildman–Crippen MR) is 100 cm³/mol. The van der Waals surface area contributed by atoms with Gasteiger partial charge in [0.2, 0.25) is 0 Å². The summed E-state index contributed by atoms with van der Waals surface area (Å²) in [5.74, 6) is -0.207. The van der Waals surface area contributed by atoms with E-state index in [9.17, 15) is 4.39 Å². The summed E-state index contributed by atoms with van der Waals surface area (Å²) in [6, 6.07) is 21.3. The summed E-state index contributed by atoms with van der Waals surface area (Å²) in [6.07, 6.45) is 0. The van der Waals surface area contributed by atoms with E-state index >= 15 is 0 Å². The summed E-state index contributed by atoms with van der Waals surface area (Å²) in [5, 5.41) is 5.83. The lowest BCUT2D eigenvalue weighted by molar-refractivity contribution is 0.640. The van der Waals surface area contributed by atoms with Gasteiger partial charge in [0.25, 0.3) is 0 Å². The SMILES string of the molecule is Fc1cc(-c2nc3ccccc3c3sccc23)cc2ccccc12. The lowest BCUT2D eigenvalue weighted by Gasteiger charge is -2.09. The molecule has 0 aliphatic rings. The molecule has 0 N–H and O–H groups in total. The Balaban J connectivity index is 1.90. The third-order valence-corrected chi connectivity index (χ3v) is 5.33. The predicted octanol–water partition coefficient (Wildman–Crippen LogP) is 6.41. The van der Waals surface area contributed by atoms with Crippen molar-refractivity contribution in [2.24, 2.45) is 0 Å². The van der Waals surface area contributed by atoms with E-state index in [1.807, 2.05) is 48.5 Å². The van der Waals surface area contributed by atoms with E-state index in [0.717, 1.165) is 32.9 Å². The Hall–Kier alpha value is -2.78. The van der Waals surface area contributed by atoms with E-state index in [-0.39, 0.29) is 5.82 Å². The van der Waals surface area contributed by atoms with Crippen LogP contribution in [0.3, 0.4) is 0 Å². The fourth-order valence-corrected chi connectivity index (χ4v) is 4.20. The van der Waals surface area contributed by atoms with Crippen LogP contribution in [0.25, 0.3) is 43.0 Å². The number of hydrogen-bond acceptors (Lipinski definition) is 2. The Kier molecular flexibility index (Phi) is 2.91. The minimum absolute atomic E-state index is 0.207. The molecule has 0 saturated carbocycles. The second-order valence-electron chi connectivity index (χ2n) is 5.82. The van der Waals surface area contributed by atoms with Crippen molar-refractivity contribution < 1.29 is 4.39 Å². The molecule has 5 rings (SSSR count). The number of para-hydroxylation sites is 1. The van der Waals surface area contributed by atoms with E-state index < -0.39 is 0 Å². The van der Waals surface area contributed by atoms with Crippen LogP contribution < -0.4 is 0 Å². The number of pyridine rings is 1. The molecule has 2 heterocycles. The van der Waals surface area contributed by atoms with E-state index in [4.69, 9.17) is 4.98 Å². The number of thiophene rings is 1. The van der Waals surface area contributed by atoms with Gasteiger partial charge in [0.1, 0.15) is 5.82 Å². The number of nitrogens with zero attached hydrogens (tertiary/aromatic N) is 1. The quantitative estimate of drug-likeness (QED) is 0.346. The number of benzene rings is 3. The van der Waals surface area contributed by atoms with Crippen LogP contribution in [0.1, 0.15) is 0 Å². The number of hydrogen-bond donors (Lipinski definition) is 0. The van der Waals surface area contributed by atoms with Crippen LogP contribution in [0.5, 0.6) is 0 Å². The highest BCUT2D eigenvalue weighted by atomic mass is 32.1. The fourth-order valence-electron chi connectivity index (χ4n) is 3.27. The molecule has 1 nitrogen and oxygen atoms in total. The molecule has 0 aliphatic heterocycles. The summed E-state index contributed by atoms with van der Waals surface area (Å²) >= 11 is 1.70. The van der Waals surface area contributed by atoms with Gasteiger partial charge in [0, 0.05) is 26.4 Å². The number of rotatable bonds is 1. The molecule has 0 saturated heterocycles. The van der Waals surface area contributed by atoms with Gasteiger partial charge < -0.3 is 0 Å². The third-order valence-electron chi connectivity index (χ3n) is 4.39. The Labute approximate surface area is 142 Å². The Morgan fingerprint density at radius 1 is 0.792 bits per heavy atom. The molecule has 5 aromatic rings. The Morgan fingerprint density at radius 2 is 1.58 bits per heavy atom. The molecule has 114 valence electrons. The first-order valence-electron chi connectivity index (χ1n) is 7.76. The van der Waals surface area contributed by atoms with Gasteiger partial charge in [0.05, 0.1) is 11.2 Å². The van der Waals surface area contributed by atoms with Crippen molar-refractivity contribution >= 4 is 43.1 Å². The standard InChI is InChI=1S/C21H12FNS/c22-18-12-14(11-13-5-1-2-6-15(13)18)20-17-9-10-24-21(17)16-7-3-4-8-19(16)23-20/h1-12H. The van der Waals surface area contributed by atoms with Gasteiger partial charge in [-0.05, 0) is 35.0 Å². The van der Waals surface area contributed by atoms with Crippen molar-refractivity contribution in [1.29, 1.82) is 0 Å². The second kappa shape index (κ2) is 5.11. The first kappa shape index (κ1) is 13.6. The zero-order valence-electron chi connectivity index (χ0n) is 12.7. The summed E-state index contributed by atoms with van der Waals surface area (Å²) in [7, 11) is 0. The van der Waals surface area contributed by atoms with Crippen LogP contribution in [0.4, 0.5) is 4.39 Å². The highest BCUT2D eigenvalue weighted by Crippen LogP contribution is 2.36. The number of halogens is 1. The van der Waals surface area contributed by atoms with Gasteiger partial charge in [-0.1, -0.05) is 42.5 Å². The Morgan fingerprint density at radius 3 is 2.50 bits per heavy atom. The monoisotopic (exact) mass is 329 g/mol. The van der Waals surface area contributed by atoms with Gasteiger partial charge in [-0.15, -0.1) is 11.3 Å². The maximum absolute atomic E-state index is 14.5. The van der Waals surface area contributed by atoms with Gasteiger partial charge in [-0.3, -0.25) is 0 Å². The minimum Gasteiger partial charge on any atom is -0.247 e. The maximum atomic E-state index is 14.5. The van der Waals surface area contributed by atoms with E-state index in [1.165, 1.54) is 4.70 Å². The van der Waals surface area contributed by atoms with Gasteiger partial charge in [-0.2, -0.15) is 0 Å². The molecule has 0 aliphatic carbocycles. The number of fused-ring (bicyclic) bond motifs is 4. The highest BCUT2D eigenvalue weighted by Gasteiger charge is 2.13. The molecule has 0 fully saturated rings. The number of aromatic nitrogens is 1. The maximum Gasteiger partial charge on any atom is 0.131 e. The normalized spacial score (nSPS) is 11.5. The fraction of sp³-hybridized carbons (Fsp3) is 0. The zero-order chi connectivity index (χ0) is 16.1. The molecule has 0 atom stereocenters. The molecule has 0 unspecified atom stereocenters. The van der Waals surface area contributed by atoms with Crippen LogP contribution in [0.15, 0.2) is 72.1 Å². The summed E-state index contributed by atoms with van der Waals surface area (Å²) in [5.41, 5.74) is 2.60. The van der Waals surface area contributed by atoms with E-state index in [1.54, 1.807) is 17.4 Å². The molecule has 3 heteroatoms. The van der Waals surface area contributed by atoms with Crippen molar-refractivity contribution in [2.45, 2.75) is 0 Å². The van der Waals surface area contributed by atoms with Gasteiger partial charge in [0.15, 0.2) is 0 Å². The smallest absolute Gasteiger partial charge is 0.131 e. The van der Waals surface area contributed by atoms with E-state index in [2.05, 4.69) is 17.5 Å². The molecule has 3 aromatic carbocycles. The molecule has 0 bridgehead atoms. The van der Waals surface area contributed by atoms with Crippen molar-refractivity contribution in [1.82, 2.24) is 4.98 Å². The molecule has 0 radical (unpaired) electrons. The van der Waals surface area contributed by atoms with Crippen molar-refractivity contribution in [3.8, 4) is 11.3 Å². The first-order chi connectivity index (χ1) is 11.8. The van der Waals surface area contributed by atoms with Crippen LogP contribution in [0.2, 0.25) is 0 Å². The lowest BCUT2D eigenvalue weighted by atomic mass is 10.0. The molecule has 0 amide bonds. The summed E-state index contributed by atoms with van der Waals surface area (Å²) in [6.45, 7) is 0. The molecule has 24 heavy (non-hydrogen) atoms. The largest absolute Gasteiger partial charge is 0.247 e. The van der Waals surface area contributed by atoms with Crippen LogP contribution >= 0.6 is 11.3 Å². The average molecular weight is 329 g/mol. The van der Waals surface area contributed by atoms with Crippen molar-refractivity contribution in [3.05, 3.63) is 77.9 Å². The summed E-state index contributed by atoms with van der Waals surface area (Å²) in [4.78, 5) is 4.83. The van der Waals surface area contributed by atoms with Crippen LogP contribution in [-0.4, -0.2) is 4.98 Å². The third kappa shape index (κ3) is 1.95. The second-order valence-corrected chi connectivity index (χ2v) is 6.74. The van der Waals surface area contributed by atoms with Gasteiger partial charge >= 0.3 is 0 Å². The Bertz CT molecular complexity index is 1220. The van der Waals surface area contributed by atoms with Crippen molar-refractivity contribution in [3.63, 3.8) is 0 Å². The lowest BCUT2D eigenvalue weighted by Crippen LogP contribution is -1.89. The van der Waals surface area contributed by atoms with Crippen LogP contribution in [0, 0.1) is 5.82 Å². The van der Waals surface area contributed by atoms with Crippen molar-refractivity contribution in [2.75, 3.05) is 0 Å². The van der Waals surface area contributed by atoms with E-state index in [0.29, 0.717) is 5.39 Å². The topological polar surface area (TPSA) is 12.9 Å². The first-order valence-corrected chi connectivity index (χ1v) is 8.64. The molecular weight excluding hydrogens is 317 g/mol. The molecular formula is C21H12FNS. The molecule has 2 aromatic heterocycles.